The Morgan fingerprint density at radius 3 is 2.10 bits per heavy atom. The van der Waals surface area contributed by atoms with E-state index in [1.54, 1.807) is 0 Å². The Hall–Kier alpha value is -3.74. The van der Waals surface area contributed by atoms with Gasteiger partial charge >= 0.3 is 0 Å². The van der Waals surface area contributed by atoms with Crippen molar-refractivity contribution in [2.45, 2.75) is 135 Å². The molecular formula is C45H68N7O17P3S-4. The monoisotopic (exact) mass is 1100 g/mol. The highest BCUT2D eigenvalue weighted by Crippen LogP contribution is 2.56. The van der Waals surface area contributed by atoms with Crippen LogP contribution in [-0.4, -0.2) is 103 Å². The number of aliphatic hydroxyl groups excluding tert-OH is 2. The largest absolute Gasteiger partial charge is 0.790 e. The van der Waals surface area contributed by atoms with Gasteiger partial charge < -0.3 is 69.0 Å². The van der Waals surface area contributed by atoms with Crippen molar-refractivity contribution in [2.75, 3.05) is 37.8 Å². The molecule has 2 amide bonds. The molecule has 2 aromatic rings. The predicted octanol–water partition coefficient (Wildman–Crippen LogP) is 3.62. The molecule has 1 saturated heterocycles. The maximum atomic E-state index is 12.7. The Bertz CT molecular complexity index is 2340. The lowest BCUT2D eigenvalue weighted by Gasteiger charge is -2.36. The molecule has 3 heterocycles. The predicted molar refractivity (Wildman–Crippen MR) is 265 cm³/mol. The van der Waals surface area contributed by atoms with E-state index in [1.807, 2.05) is 6.08 Å². The van der Waals surface area contributed by atoms with Gasteiger partial charge in [0.15, 0.2) is 17.7 Å². The molecule has 410 valence electrons. The average molecular weight is 1100 g/mol. The summed E-state index contributed by atoms with van der Waals surface area (Å²) in [5.41, 5.74) is 4.08. The van der Waals surface area contributed by atoms with Crippen molar-refractivity contribution in [2.24, 2.45) is 5.41 Å². The molecule has 2 unspecified atom stereocenters. The molecular weight excluding hydrogens is 1040 g/mol. The molecule has 1 aliphatic rings. The number of hydrogen-bond donors (Lipinski definition) is 5. The molecule has 3 rings (SSSR count). The van der Waals surface area contributed by atoms with Crippen molar-refractivity contribution < 1.29 is 80.5 Å². The molecule has 0 aliphatic carbocycles. The number of nitrogens with two attached hydrogens (primary N) is 1. The zero-order valence-corrected chi connectivity index (χ0v) is 44.7. The smallest absolute Gasteiger partial charge is 0.274 e. The fourth-order valence-corrected chi connectivity index (χ4v) is 10.1. The van der Waals surface area contributed by atoms with Gasteiger partial charge in [-0.3, -0.25) is 28.1 Å². The van der Waals surface area contributed by atoms with Crippen LogP contribution in [0.25, 0.3) is 11.2 Å². The van der Waals surface area contributed by atoms with Gasteiger partial charge in [0.05, 0.1) is 27.4 Å². The van der Waals surface area contributed by atoms with Crippen LogP contribution in [0.4, 0.5) is 5.82 Å². The second-order valence-corrected chi connectivity index (χ2v) is 22.4. The van der Waals surface area contributed by atoms with E-state index < -0.39 is 84.6 Å². The summed E-state index contributed by atoms with van der Waals surface area (Å²) in [7, 11) is -17.6. The number of nitrogens with zero attached hydrogens (tertiary/aromatic N) is 4. The Morgan fingerprint density at radius 1 is 0.863 bits per heavy atom. The number of amides is 2. The highest BCUT2D eigenvalue weighted by Gasteiger charge is 2.47. The number of ether oxygens (including phenoxy) is 1. The number of phosphoric acid groups is 3. The number of imidazole rings is 1. The summed E-state index contributed by atoms with van der Waals surface area (Å²) in [5, 5.41) is 26.3. The summed E-state index contributed by atoms with van der Waals surface area (Å²) in [5.74, 6) is -1.24. The van der Waals surface area contributed by atoms with Crippen LogP contribution in [0.3, 0.4) is 0 Å². The van der Waals surface area contributed by atoms with Crippen molar-refractivity contribution in [3.05, 3.63) is 73.4 Å². The number of hydrogen-bond acceptors (Lipinski definition) is 22. The Morgan fingerprint density at radius 2 is 1.47 bits per heavy atom. The number of unbranched alkanes of at least 4 members (excludes halogenated alkanes) is 7. The molecule has 1 fully saturated rings. The van der Waals surface area contributed by atoms with Crippen LogP contribution >= 0.6 is 35.2 Å². The number of nitrogen functional groups attached to an aromatic ring is 1. The minimum absolute atomic E-state index is 0.0218. The number of nitrogens with one attached hydrogen (secondary N) is 2. The SMILES string of the molecule is CCCCC/C=C\C/C=C\C/C=C\C/C=C\CCCCC/C=C/C(=O)SCCNC(=O)CCNC(=O)[C@H](O)C(C)(C)COP(=O)([O-])OP(=O)([O-])OC[C@H]1O[C@@H](n2cnc3c(N)ncnc32)[C@H](O)[C@@H]1OP(=O)([O-])[O-]. The first kappa shape index (κ1) is 63.6. The molecule has 1 aliphatic heterocycles. The van der Waals surface area contributed by atoms with Gasteiger partial charge in [-0.25, -0.2) is 19.3 Å². The van der Waals surface area contributed by atoms with Crippen LogP contribution in [0.15, 0.2) is 73.4 Å². The Kier molecular flexibility index (Phi) is 28.4. The van der Waals surface area contributed by atoms with E-state index in [9.17, 15) is 57.9 Å². The Labute approximate surface area is 429 Å². The summed E-state index contributed by atoms with van der Waals surface area (Å²) in [6.07, 6.45) is 26.1. The molecule has 0 saturated carbocycles. The number of fused-ring (bicyclic) bond motifs is 1. The lowest BCUT2D eigenvalue weighted by atomic mass is 9.87. The summed E-state index contributed by atoms with van der Waals surface area (Å²) < 4.78 is 60.9. The molecule has 7 atom stereocenters. The molecule has 28 heteroatoms. The second-order valence-electron chi connectivity index (χ2n) is 17.3. The molecule has 73 heavy (non-hydrogen) atoms. The maximum Gasteiger partial charge on any atom is 0.274 e. The van der Waals surface area contributed by atoms with Gasteiger partial charge in [0, 0.05) is 30.7 Å². The highest BCUT2D eigenvalue weighted by molar-refractivity contribution is 8.14. The van der Waals surface area contributed by atoms with Gasteiger partial charge in [0.1, 0.15) is 36.3 Å². The number of rotatable bonds is 36. The maximum absolute atomic E-state index is 12.7. The molecule has 0 aromatic carbocycles. The van der Waals surface area contributed by atoms with Gasteiger partial charge in [0.25, 0.3) is 15.6 Å². The summed E-state index contributed by atoms with van der Waals surface area (Å²) in [4.78, 5) is 96.9. The van der Waals surface area contributed by atoms with Crippen LogP contribution in [-0.2, 0) is 50.7 Å². The van der Waals surface area contributed by atoms with Crippen molar-refractivity contribution >= 4 is 69.1 Å². The van der Waals surface area contributed by atoms with E-state index in [4.69, 9.17) is 10.5 Å². The first-order valence-electron chi connectivity index (χ1n) is 23.8. The third-order valence-electron chi connectivity index (χ3n) is 10.7. The first-order chi connectivity index (χ1) is 34.6. The van der Waals surface area contributed by atoms with Gasteiger partial charge in [-0.15, -0.1) is 0 Å². The van der Waals surface area contributed by atoms with Gasteiger partial charge in [0.2, 0.25) is 16.9 Å². The normalized spacial score (nSPS) is 20.0. The van der Waals surface area contributed by atoms with E-state index in [0.29, 0.717) is 5.75 Å². The molecule has 0 radical (unpaired) electrons. The number of allylic oxidation sites excluding steroid dienone is 9. The fourth-order valence-electron chi connectivity index (χ4n) is 6.75. The van der Waals surface area contributed by atoms with E-state index in [0.717, 1.165) is 80.4 Å². The Balaban J connectivity index is 1.27. The van der Waals surface area contributed by atoms with E-state index in [-0.39, 0.29) is 41.6 Å². The lowest BCUT2D eigenvalue weighted by molar-refractivity contribution is -0.347. The topological polar surface area (TPSA) is 375 Å². The van der Waals surface area contributed by atoms with Crippen LogP contribution < -0.4 is 35.9 Å². The van der Waals surface area contributed by atoms with E-state index in [1.165, 1.54) is 45.6 Å². The number of carbonyl (C=O) groups is 3. The zero-order chi connectivity index (χ0) is 53.9. The number of aliphatic hydroxyl groups is 2. The molecule has 2 aromatic heterocycles. The number of thioether (sulfide) groups is 1. The summed E-state index contributed by atoms with van der Waals surface area (Å²) in [6.45, 7) is 2.30. The summed E-state index contributed by atoms with van der Waals surface area (Å²) in [6, 6.07) is 0. The molecule has 6 N–H and O–H groups in total. The zero-order valence-electron chi connectivity index (χ0n) is 41.2. The van der Waals surface area contributed by atoms with Gasteiger partial charge in [-0.2, -0.15) is 0 Å². The van der Waals surface area contributed by atoms with E-state index >= 15 is 0 Å². The van der Waals surface area contributed by atoms with Crippen molar-refractivity contribution in [1.29, 1.82) is 0 Å². The fraction of sp³-hybridized carbons (Fsp3) is 0.600. The third kappa shape index (κ3) is 25.1. The van der Waals surface area contributed by atoms with Crippen molar-refractivity contribution in [1.82, 2.24) is 30.2 Å². The highest BCUT2D eigenvalue weighted by atomic mass is 32.2. The minimum atomic E-state index is -5.93. The van der Waals surface area contributed by atoms with Crippen molar-refractivity contribution in [3.63, 3.8) is 0 Å². The minimum Gasteiger partial charge on any atom is -0.790 e. The van der Waals surface area contributed by atoms with Crippen LogP contribution in [0, 0.1) is 5.41 Å². The quantitative estimate of drug-likeness (QED) is 0.0281. The second kappa shape index (κ2) is 32.6. The third-order valence-corrected chi connectivity index (χ3v) is 14.5. The van der Waals surface area contributed by atoms with E-state index in [2.05, 4.69) is 99.0 Å². The van der Waals surface area contributed by atoms with Crippen LogP contribution in [0.1, 0.15) is 110 Å². The number of phosphoric ester groups is 3. The lowest BCUT2D eigenvalue weighted by Crippen LogP contribution is -2.46. The standard InChI is InChI=1S/C45H72N7O17P3S/c1-4-5-6-7-8-9-10-11-12-13-14-15-16-17-18-19-20-21-22-23-24-25-36(54)73-29-28-47-35(53)26-27-48-43(57)40(56)45(2,3)31-66-72(63,64)69-71(61,62)65-30-34-39(68-70(58,59)60)38(55)44(67-34)52-33-51-37-41(46)49-32-50-42(37)52/h8-9,11-12,14-15,17-18,24-25,32-34,38-40,44,55-56H,4-7,10,13,16,19-23,26-31H2,1-3H3,(H,47,53)(H,48,57)(H,61,62)(H,63,64)(H2,46,49,50)(H2,58,59,60)/p-4/b9-8-,12-11-,15-14-,18-17-,25-24+/t34-,38-,39-,40+,44-/m1/s1. The number of aromatic nitrogens is 4. The van der Waals surface area contributed by atoms with Crippen LogP contribution in [0.2, 0.25) is 0 Å². The van der Waals surface area contributed by atoms with Gasteiger partial charge in [-0.05, 0) is 63.9 Å². The molecule has 0 bridgehead atoms. The van der Waals surface area contributed by atoms with Crippen LogP contribution in [0.5, 0.6) is 0 Å². The molecule has 24 nitrogen and oxygen atoms in total. The summed E-state index contributed by atoms with van der Waals surface area (Å²) >= 11 is 1.04. The molecule has 0 spiro atoms. The van der Waals surface area contributed by atoms with Crippen molar-refractivity contribution in [3.8, 4) is 0 Å². The average Bonchev–Trinajstić information content (AvgIpc) is 3.88. The number of carbonyl (C=O) groups excluding carboxylic acids is 3. The van der Waals surface area contributed by atoms with Gasteiger partial charge in [-0.1, -0.05) is 106 Å². The first-order valence-corrected chi connectivity index (χ1v) is 29.2. The number of anilines is 1.